The Hall–Kier alpha value is -0.720. The van der Waals surface area contributed by atoms with Crippen molar-refractivity contribution in [3.05, 3.63) is 48.0 Å². The third-order valence-electron chi connectivity index (χ3n) is 3.28. The van der Waals surface area contributed by atoms with Gasteiger partial charge in [0.2, 0.25) is 0 Å². The molecule has 2 aromatic carbocycles. The first-order valence-corrected chi connectivity index (χ1v) is 7.27. The van der Waals surface area contributed by atoms with Gasteiger partial charge in [0, 0.05) is 0 Å². The van der Waals surface area contributed by atoms with E-state index in [0.29, 0.717) is 0 Å². The van der Waals surface area contributed by atoms with Crippen LogP contribution in [0.15, 0.2) is 42.5 Å². The van der Waals surface area contributed by atoms with Gasteiger partial charge in [-0.05, 0) is 22.8 Å². The first-order valence-electron chi connectivity index (χ1n) is 6.51. The van der Waals surface area contributed by atoms with Crippen LogP contribution in [0.4, 0.5) is 0 Å². The molecule has 0 nitrogen and oxygen atoms in total. The molecule has 0 amide bonds. The maximum Gasteiger partial charge on any atom is 0.143 e. The van der Waals surface area contributed by atoms with Crippen LogP contribution < -0.4 is 0 Å². The van der Waals surface area contributed by atoms with Gasteiger partial charge >= 0.3 is 0 Å². The van der Waals surface area contributed by atoms with Crippen molar-refractivity contribution in [2.75, 3.05) is 0 Å². The highest BCUT2D eigenvalue weighted by atomic mass is 35.5. The second kappa shape index (κ2) is 5.95. The lowest BCUT2D eigenvalue weighted by atomic mass is 9.98. The Labute approximate surface area is 119 Å². The Morgan fingerprint density at radius 3 is 2.44 bits per heavy atom. The minimum absolute atomic E-state index is 0.782. The normalized spacial score (nSPS) is 11.9. The van der Waals surface area contributed by atoms with E-state index < -0.39 is 4.33 Å². The minimum Gasteiger partial charge on any atom is -0.0963 e. The summed E-state index contributed by atoms with van der Waals surface area (Å²) < 4.78 is -0.782. The zero-order valence-electron chi connectivity index (χ0n) is 10.6. The van der Waals surface area contributed by atoms with Crippen LogP contribution in [0.25, 0.3) is 10.8 Å². The van der Waals surface area contributed by atoms with Crippen molar-refractivity contribution < 1.29 is 0 Å². The van der Waals surface area contributed by atoms with E-state index in [0.717, 1.165) is 23.8 Å². The average Bonchev–Trinajstić information content (AvgIpc) is 2.38. The molecule has 2 rings (SSSR count). The second-order valence-electron chi connectivity index (χ2n) is 4.69. The number of hydrogen-bond acceptors (Lipinski definition) is 0. The summed E-state index contributed by atoms with van der Waals surface area (Å²) in [5.74, 6) is 0. The summed E-state index contributed by atoms with van der Waals surface area (Å²) in [5.41, 5.74) is 1.03. The number of benzene rings is 2. The summed E-state index contributed by atoms with van der Waals surface area (Å²) in [6, 6.07) is 14.4. The van der Waals surface area contributed by atoms with Crippen LogP contribution in [0.1, 0.15) is 38.2 Å². The molecule has 0 spiro atoms. The summed E-state index contributed by atoms with van der Waals surface area (Å²) in [6.07, 6.45) is 4.22. The van der Waals surface area contributed by atoms with Crippen molar-refractivity contribution in [3.8, 4) is 0 Å². The molecule has 0 aliphatic heterocycles. The van der Waals surface area contributed by atoms with E-state index in [-0.39, 0.29) is 0 Å². The zero-order valence-corrected chi connectivity index (χ0v) is 12.1. The van der Waals surface area contributed by atoms with Crippen LogP contribution in [0.5, 0.6) is 0 Å². The molecule has 0 saturated heterocycles. The highest BCUT2D eigenvalue weighted by molar-refractivity contribution is 6.48. The third kappa shape index (κ3) is 2.99. The van der Waals surface area contributed by atoms with Crippen LogP contribution in [0.3, 0.4) is 0 Å². The number of unbranched alkanes of at least 4 members (excludes halogenated alkanes) is 2. The fourth-order valence-electron chi connectivity index (χ4n) is 2.28. The van der Waals surface area contributed by atoms with Crippen molar-refractivity contribution in [2.24, 2.45) is 0 Å². The van der Waals surface area contributed by atoms with Gasteiger partial charge in [-0.1, -0.05) is 91.9 Å². The molecule has 0 aliphatic carbocycles. The molecule has 0 aromatic heterocycles. The molecule has 2 aromatic rings. The molecular formula is C16H18Cl2. The number of fused-ring (bicyclic) bond motifs is 1. The molecule has 2 heteroatoms. The predicted octanol–water partition coefficient (Wildman–Crippen LogP) is 6.05. The molecule has 96 valence electrons. The first-order chi connectivity index (χ1) is 8.65. The lowest BCUT2D eigenvalue weighted by molar-refractivity contribution is 0.628. The molecule has 0 bridgehead atoms. The highest BCUT2D eigenvalue weighted by Crippen LogP contribution is 2.42. The fraction of sp³-hybridized carbons (Fsp3) is 0.375. The van der Waals surface area contributed by atoms with Gasteiger partial charge < -0.3 is 0 Å². The van der Waals surface area contributed by atoms with E-state index in [1.54, 1.807) is 0 Å². The van der Waals surface area contributed by atoms with E-state index >= 15 is 0 Å². The van der Waals surface area contributed by atoms with Crippen molar-refractivity contribution in [2.45, 2.75) is 36.9 Å². The van der Waals surface area contributed by atoms with Crippen molar-refractivity contribution in [3.63, 3.8) is 0 Å². The molecule has 0 aliphatic rings. The predicted molar refractivity (Wildman–Crippen MR) is 81.5 cm³/mol. The van der Waals surface area contributed by atoms with Gasteiger partial charge in [-0.3, -0.25) is 0 Å². The molecule has 0 fully saturated rings. The van der Waals surface area contributed by atoms with Crippen LogP contribution in [-0.4, -0.2) is 0 Å². The van der Waals surface area contributed by atoms with Gasteiger partial charge in [-0.15, -0.1) is 0 Å². The van der Waals surface area contributed by atoms with E-state index in [4.69, 9.17) is 23.2 Å². The standard InChI is InChI=1S/C16H18Cl2/c1-2-3-6-12-16(17,18)15-11-7-9-13-8-4-5-10-14(13)15/h4-5,7-11H,2-3,6,12H2,1H3. The molecule has 0 heterocycles. The molecule has 0 unspecified atom stereocenters. The maximum absolute atomic E-state index is 6.54. The summed E-state index contributed by atoms with van der Waals surface area (Å²) in [5, 5.41) is 2.35. The van der Waals surface area contributed by atoms with Crippen LogP contribution >= 0.6 is 23.2 Å². The molecule has 0 saturated carbocycles. The van der Waals surface area contributed by atoms with Crippen LogP contribution in [-0.2, 0) is 4.33 Å². The number of rotatable bonds is 5. The molecule has 18 heavy (non-hydrogen) atoms. The number of halogens is 2. The Bertz CT molecular complexity index is 512. The Kier molecular flexibility index (Phi) is 4.53. The molecular weight excluding hydrogens is 263 g/mol. The summed E-state index contributed by atoms with van der Waals surface area (Å²) in [6.45, 7) is 2.18. The number of hydrogen-bond donors (Lipinski definition) is 0. The SMILES string of the molecule is CCCCCC(Cl)(Cl)c1cccc2ccccc12. The number of alkyl halides is 2. The minimum atomic E-state index is -0.782. The van der Waals surface area contributed by atoms with Crippen LogP contribution in [0.2, 0.25) is 0 Å². The largest absolute Gasteiger partial charge is 0.143 e. The van der Waals surface area contributed by atoms with Gasteiger partial charge in [0.05, 0.1) is 0 Å². The lowest BCUT2D eigenvalue weighted by Gasteiger charge is -2.22. The van der Waals surface area contributed by atoms with Crippen molar-refractivity contribution >= 4 is 34.0 Å². The summed E-state index contributed by atoms with van der Waals surface area (Å²) in [4.78, 5) is 0. The summed E-state index contributed by atoms with van der Waals surface area (Å²) in [7, 11) is 0. The van der Waals surface area contributed by atoms with Gasteiger partial charge in [-0.2, -0.15) is 0 Å². The van der Waals surface area contributed by atoms with Gasteiger partial charge in [-0.25, -0.2) is 0 Å². The van der Waals surface area contributed by atoms with Gasteiger partial charge in [0.25, 0.3) is 0 Å². The zero-order chi connectivity index (χ0) is 13.0. The third-order valence-corrected chi connectivity index (χ3v) is 4.06. The van der Waals surface area contributed by atoms with E-state index in [2.05, 4.69) is 25.1 Å². The Morgan fingerprint density at radius 2 is 1.67 bits per heavy atom. The molecule has 0 N–H and O–H groups in total. The second-order valence-corrected chi connectivity index (χ2v) is 6.17. The average molecular weight is 281 g/mol. The van der Waals surface area contributed by atoms with Gasteiger partial charge in [0.15, 0.2) is 0 Å². The van der Waals surface area contributed by atoms with Gasteiger partial charge in [0.1, 0.15) is 4.33 Å². The van der Waals surface area contributed by atoms with Crippen molar-refractivity contribution in [1.82, 2.24) is 0 Å². The van der Waals surface area contributed by atoms with E-state index in [9.17, 15) is 0 Å². The Morgan fingerprint density at radius 1 is 0.944 bits per heavy atom. The first kappa shape index (κ1) is 13.7. The maximum atomic E-state index is 6.54. The lowest BCUT2D eigenvalue weighted by Crippen LogP contribution is -2.10. The molecule has 0 radical (unpaired) electrons. The Balaban J connectivity index is 2.34. The fourth-order valence-corrected chi connectivity index (χ4v) is 2.87. The topological polar surface area (TPSA) is 0 Å². The van der Waals surface area contributed by atoms with Crippen LogP contribution in [0, 0.1) is 0 Å². The quantitative estimate of drug-likeness (QED) is 0.462. The van der Waals surface area contributed by atoms with E-state index in [1.807, 2.05) is 24.3 Å². The monoisotopic (exact) mass is 280 g/mol. The molecule has 0 atom stereocenters. The van der Waals surface area contributed by atoms with Crippen molar-refractivity contribution in [1.29, 1.82) is 0 Å². The highest BCUT2D eigenvalue weighted by Gasteiger charge is 2.27. The summed E-state index contributed by atoms with van der Waals surface area (Å²) >= 11 is 13.1. The van der Waals surface area contributed by atoms with E-state index in [1.165, 1.54) is 18.2 Å². The smallest absolute Gasteiger partial charge is 0.0963 e.